The van der Waals surface area contributed by atoms with Crippen LogP contribution in [0.5, 0.6) is 0 Å². The van der Waals surface area contributed by atoms with Crippen molar-refractivity contribution in [3.63, 3.8) is 0 Å². The van der Waals surface area contributed by atoms with Gasteiger partial charge in [0.1, 0.15) is 18.3 Å². The first-order valence-electron chi connectivity index (χ1n) is 17.1. The summed E-state index contributed by atoms with van der Waals surface area (Å²) in [4.78, 5) is 52.2. The van der Waals surface area contributed by atoms with Crippen molar-refractivity contribution >= 4 is 24.1 Å². The first-order chi connectivity index (χ1) is 22.5. The first-order valence-corrected chi connectivity index (χ1v) is 17.1. The molecule has 12 nitrogen and oxygen atoms in total. The van der Waals surface area contributed by atoms with Crippen molar-refractivity contribution in [3.8, 4) is 12.3 Å². The van der Waals surface area contributed by atoms with Gasteiger partial charge in [0.25, 0.3) is 0 Å². The first kappa shape index (κ1) is 35.0. The third-order valence-corrected chi connectivity index (χ3v) is 14.3. The average molecular weight is 675 g/mol. The van der Waals surface area contributed by atoms with Crippen LogP contribution in [0.15, 0.2) is 0 Å². The fraction of sp³-hybridized carbons (Fsp3) is 0.833. The fourth-order valence-electron chi connectivity index (χ4n) is 12.3. The van der Waals surface area contributed by atoms with Crippen LogP contribution in [-0.4, -0.2) is 91.7 Å². The summed E-state index contributed by atoms with van der Waals surface area (Å²) in [5, 5.41) is 13.4. The molecular weight excluding hydrogens is 624 g/mol. The Hall–Kier alpha value is -2.88. The summed E-state index contributed by atoms with van der Waals surface area (Å²) in [6.45, 7) is 13.1. The number of esters is 3. The number of carbonyl (C=O) groups is 4. The Morgan fingerprint density at radius 2 is 1.65 bits per heavy atom. The molecule has 6 fully saturated rings. The normalized spacial score (nSPS) is 48.8. The average Bonchev–Trinajstić information content (AvgIpc) is 3.64. The van der Waals surface area contributed by atoms with Gasteiger partial charge in [-0.25, -0.2) is 9.59 Å². The molecule has 0 amide bonds. The summed E-state index contributed by atoms with van der Waals surface area (Å²) in [5.74, 6) is -0.463. The minimum absolute atomic E-state index is 0.0621. The third kappa shape index (κ3) is 4.25. The molecule has 0 aromatic heterocycles. The molecule has 0 bridgehead atoms. The number of hydrogen-bond acceptors (Lipinski definition) is 12. The summed E-state index contributed by atoms with van der Waals surface area (Å²) in [6.07, 6.45) is 3.83. The smallest absolute Gasteiger partial charge is 0.467 e. The van der Waals surface area contributed by atoms with Gasteiger partial charge in [0, 0.05) is 24.7 Å². The number of rotatable bonds is 6. The standard InChI is InChI=1S/C36H50O12/c1-10-15-44-30(40)45-20(3)34-14-12-23-31(6,25(34)17-43-18-34)13-11-24-32(23,7)27(46-21(4)37)28(47-22(5)38)33(8)35(24,41)16-19(2)26-36(33,48-26)29(39)42-9/h1,19-20,23-28,41H,11-18H2,2-9H3/t19?,20?,23?,24?,25-,26+,27+,28-,31+,32+,33+,34-,35+,36-/m0/s1. The van der Waals surface area contributed by atoms with E-state index in [-0.39, 0.29) is 24.4 Å². The molecule has 4 unspecified atom stereocenters. The van der Waals surface area contributed by atoms with E-state index in [0.717, 1.165) is 0 Å². The van der Waals surface area contributed by atoms with E-state index >= 15 is 0 Å². The van der Waals surface area contributed by atoms with Crippen LogP contribution in [0.1, 0.15) is 80.6 Å². The molecule has 2 heterocycles. The van der Waals surface area contributed by atoms with E-state index < -0.39 is 87.3 Å². The second-order valence-electron chi connectivity index (χ2n) is 16.0. The number of carbonyl (C=O) groups excluding carboxylic acids is 4. The van der Waals surface area contributed by atoms with Crippen LogP contribution >= 0.6 is 0 Å². The predicted molar refractivity (Wildman–Crippen MR) is 167 cm³/mol. The Kier molecular flexibility index (Phi) is 8.25. The van der Waals surface area contributed by atoms with Crippen molar-refractivity contribution < 1.29 is 57.4 Å². The van der Waals surface area contributed by atoms with Crippen molar-refractivity contribution in [2.24, 2.45) is 45.3 Å². The molecule has 12 heteroatoms. The Labute approximate surface area is 282 Å². The molecule has 2 aliphatic heterocycles. The van der Waals surface area contributed by atoms with Crippen molar-refractivity contribution in [1.82, 2.24) is 0 Å². The molecular formula is C36H50O12. The van der Waals surface area contributed by atoms with Crippen molar-refractivity contribution in [1.29, 1.82) is 0 Å². The van der Waals surface area contributed by atoms with Gasteiger partial charge in [-0.15, -0.1) is 6.42 Å². The Morgan fingerprint density at radius 3 is 2.27 bits per heavy atom. The molecule has 48 heavy (non-hydrogen) atoms. The van der Waals surface area contributed by atoms with Crippen LogP contribution in [-0.2, 0) is 47.5 Å². The van der Waals surface area contributed by atoms with E-state index in [9.17, 15) is 24.3 Å². The topological polar surface area (TPSA) is 156 Å². The molecule has 4 saturated carbocycles. The van der Waals surface area contributed by atoms with Crippen molar-refractivity contribution in [3.05, 3.63) is 0 Å². The molecule has 4 aliphatic carbocycles. The Morgan fingerprint density at radius 1 is 1.00 bits per heavy atom. The summed E-state index contributed by atoms with van der Waals surface area (Å²) >= 11 is 0. The van der Waals surface area contributed by atoms with E-state index in [1.807, 2.05) is 13.8 Å². The van der Waals surface area contributed by atoms with Gasteiger partial charge in [0.2, 0.25) is 5.60 Å². The molecule has 14 atom stereocenters. The Bertz CT molecular complexity index is 1420. The van der Waals surface area contributed by atoms with Crippen LogP contribution < -0.4 is 0 Å². The van der Waals surface area contributed by atoms with E-state index in [1.54, 1.807) is 6.92 Å². The van der Waals surface area contributed by atoms with Gasteiger partial charge in [0.05, 0.1) is 31.3 Å². The number of terminal acetylenes is 1. The Balaban J connectivity index is 1.48. The molecule has 0 aromatic carbocycles. The van der Waals surface area contributed by atoms with Crippen LogP contribution in [0, 0.1) is 57.7 Å². The molecule has 0 radical (unpaired) electrons. The largest absolute Gasteiger partial charge is 0.509 e. The zero-order chi connectivity index (χ0) is 35.2. The van der Waals surface area contributed by atoms with Crippen LogP contribution in [0.3, 0.4) is 0 Å². The second-order valence-corrected chi connectivity index (χ2v) is 16.0. The number of aliphatic hydroxyl groups is 1. The predicted octanol–water partition coefficient (Wildman–Crippen LogP) is 3.59. The lowest BCUT2D eigenvalue weighted by atomic mass is 9.32. The maximum Gasteiger partial charge on any atom is 0.509 e. The minimum Gasteiger partial charge on any atom is -0.467 e. The van der Waals surface area contributed by atoms with Gasteiger partial charge in [-0.2, -0.15) is 0 Å². The highest BCUT2D eigenvalue weighted by atomic mass is 16.7. The van der Waals surface area contributed by atoms with E-state index in [1.165, 1.54) is 21.0 Å². The number of methoxy groups -OCH3 is 1. The molecule has 0 aromatic rings. The zero-order valence-electron chi connectivity index (χ0n) is 29.3. The maximum absolute atomic E-state index is 13.7. The summed E-state index contributed by atoms with van der Waals surface area (Å²) in [7, 11) is 1.28. The van der Waals surface area contributed by atoms with Crippen LogP contribution in [0.25, 0.3) is 0 Å². The van der Waals surface area contributed by atoms with E-state index in [4.69, 9.17) is 39.6 Å². The van der Waals surface area contributed by atoms with Crippen molar-refractivity contribution in [2.75, 3.05) is 26.9 Å². The van der Waals surface area contributed by atoms with Gasteiger partial charge in [0.15, 0.2) is 12.7 Å². The molecule has 0 spiro atoms. The van der Waals surface area contributed by atoms with E-state index in [0.29, 0.717) is 45.3 Å². The molecule has 6 aliphatic rings. The van der Waals surface area contributed by atoms with Gasteiger partial charge in [-0.3, -0.25) is 9.59 Å². The zero-order valence-corrected chi connectivity index (χ0v) is 29.3. The number of fused-ring (bicyclic) bond motifs is 9. The molecule has 1 N–H and O–H groups in total. The number of hydrogen-bond donors (Lipinski definition) is 1. The monoisotopic (exact) mass is 674 g/mol. The van der Waals surface area contributed by atoms with Crippen molar-refractivity contribution in [2.45, 2.75) is 116 Å². The fourth-order valence-corrected chi connectivity index (χ4v) is 12.3. The summed E-state index contributed by atoms with van der Waals surface area (Å²) in [6, 6.07) is 0. The molecule has 266 valence electrons. The van der Waals surface area contributed by atoms with Crippen LogP contribution in [0.2, 0.25) is 0 Å². The molecule has 6 rings (SSSR count). The highest BCUT2D eigenvalue weighted by molar-refractivity contribution is 5.86. The maximum atomic E-state index is 13.7. The van der Waals surface area contributed by atoms with Crippen LogP contribution in [0.4, 0.5) is 4.79 Å². The lowest BCUT2D eigenvalue weighted by Gasteiger charge is -2.73. The number of epoxide rings is 1. The summed E-state index contributed by atoms with van der Waals surface area (Å²) < 4.78 is 41.1. The SMILES string of the molecule is C#CCOC(=O)OC(C)[C@@]12CCC3[C@]4(C)C(CC[C@@]3(C)[C@@H]1COC2)[C@]1(O)CC(C)[C@H]2O[C@@]2(C(=O)OC)[C@]1(C)[C@@H](OC(C)=O)[C@H]4OC(C)=O. The highest BCUT2D eigenvalue weighted by Gasteiger charge is 2.90. The van der Waals surface area contributed by atoms with Gasteiger partial charge < -0.3 is 38.3 Å². The lowest BCUT2D eigenvalue weighted by molar-refractivity contribution is -0.341. The lowest BCUT2D eigenvalue weighted by Crippen LogP contribution is -2.82. The number of ether oxygens (including phenoxy) is 7. The quantitative estimate of drug-likeness (QED) is 0.189. The van der Waals surface area contributed by atoms with Gasteiger partial charge in [-0.1, -0.05) is 26.7 Å². The summed E-state index contributed by atoms with van der Waals surface area (Å²) in [5.41, 5.74) is -6.54. The van der Waals surface area contributed by atoms with Gasteiger partial charge >= 0.3 is 24.1 Å². The molecule has 2 saturated heterocycles. The highest BCUT2D eigenvalue weighted by Crippen LogP contribution is 2.78. The minimum atomic E-state index is -1.60. The third-order valence-electron chi connectivity index (χ3n) is 14.3. The second kappa shape index (κ2) is 11.3. The van der Waals surface area contributed by atoms with Gasteiger partial charge in [-0.05, 0) is 75.0 Å². The van der Waals surface area contributed by atoms with E-state index in [2.05, 4.69) is 19.8 Å².